The summed E-state index contributed by atoms with van der Waals surface area (Å²) < 4.78 is 79.4. The van der Waals surface area contributed by atoms with Gasteiger partial charge in [0.1, 0.15) is 23.9 Å². The number of ether oxygens (including phenoxy) is 5. The minimum absolute atomic E-state index is 0.0674. The summed E-state index contributed by atoms with van der Waals surface area (Å²) in [6.45, 7) is 4.55. The van der Waals surface area contributed by atoms with Crippen LogP contribution in [0.25, 0.3) is 27.9 Å². The normalized spacial score (nSPS) is 13.7. The highest BCUT2D eigenvalue weighted by Crippen LogP contribution is 2.41. The molecule has 0 radical (unpaired) electrons. The standard InChI is InChI=1S/C56H61FN12O11S/c1-4-20-79-40-8-6-9-41(28-40)80-50-30-48-47(65(2)56(73)66(48)3)29-45(50)64-81(74,75)42-10-5-7-37(26-42)54(71)58-15-21-76-22-23-77-24-25-78-35-51(70)67-16-18-68(19-17-67)55(72)38-13-14-44(43(57)27-38)62-52-53-59-33-49(39-31-60-61-32-39)69(53)34-46(63-52)36-11-12-36/h5-10,13-14,26-34,36,64H,4,11-12,15-25,35H2,1-3H3,(H,58,71)(H,60,61)(H,62,63). The maximum Gasteiger partial charge on any atom is 0.328 e. The van der Waals surface area contributed by atoms with Gasteiger partial charge in [-0.15, -0.1) is 0 Å². The number of hydrogen-bond donors (Lipinski definition) is 4. The number of halogens is 1. The van der Waals surface area contributed by atoms with Gasteiger partial charge < -0.3 is 44.1 Å². The van der Waals surface area contributed by atoms with Gasteiger partial charge in [-0.05, 0) is 73.9 Å². The maximum atomic E-state index is 15.6. The molecule has 0 atom stereocenters. The molecule has 0 spiro atoms. The summed E-state index contributed by atoms with van der Waals surface area (Å²) in [5.41, 5.74) is 4.25. The second-order valence-corrected chi connectivity index (χ2v) is 21.1. The van der Waals surface area contributed by atoms with E-state index in [0.717, 1.165) is 36.2 Å². The lowest BCUT2D eigenvalue weighted by Gasteiger charge is -2.34. The number of nitrogens with one attached hydrogen (secondary N) is 4. The second kappa shape index (κ2) is 24.8. The molecule has 1 aliphatic carbocycles. The zero-order valence-corrected chi connectivity index (χ0v) is 45.7. The Morgan fingerprint density at radius 1 is 0.790 bits per heavy atom. The van der Waals surface area contributed by atoms with Gasteiger partial charge in [-0.3, -0.25) is 37.7 Å². The summed E-state index contributed by atoms with van der Waals surface area (Å²) in [5, 5.41) is 12.7. The van der Waals surface area contributed by atoms with E-state index in [9.17, 15) is 27.6 Å². The summed E-state index contributed by atoms with van der Waals surface area (Å²) in [6.07, 6.45) is 10.0. The third-order valence-corrected chi connectivity index (χ3v) is 15.1. The topological polar surface area (TPSA) is 260 Å². The van der Waals surface area contributed by atoms with Crippen LogP contribution in [0.3, 0.4) is 0 Å². The van der Waals surface area contributed by atoms with Gasteiger partial charge >= 0.3 is 5.69 Å². The number of anilines is 3. The lowest BCUT2D eigenvalue weighted by Crippen LogP contribution is -2.51. The largest absolute Gasteiger partial charge is 0.493 e. The number of rotatable bonds is 25. The van der Waals surface area contributed by atoms with Gasteiger partial charge in [0.05, 0.1) is 90.7 Å². The average Bonchev–Trinajstić information content (AvgIpc) is 4.20. The van der Waals surface area contributed by atoms with Gasteiger partial charge in [-0.2, -0.15) is 5.10 Å². The maximum absolute atomic E-state index is 15.6. The highest BCUT2D eigenvalue weighted by atomic mass is 32.2. The molecule has 25 heteroatoms. The van der Waals surface area contributed by atoms with Crippen molar-refractivity contribution in [3.8, 4) is 28.5 Å². The number of fused-ring (bicyclic) bond motifs is 2. The van der Waals surface area contributed by atoms with Crippen molar-refractivity contribution in [3.63, 3.8) is 0 Å². The Morgan fingerprint density at radius 2 is 1.52 bits per heavy atom. The van der Waals surface area contributed by atoms with Gasteiger partial charge in [0, 0.05) is 94.0 Å². The zero-order valence-electron chi connectivity index (χ0n) is 44.9. The number of aryl methyl sites for hydroxylation is 2. The first-order valence-corrected chi connectivity index (χ1v) is 28.0. The lowest BCUT2D eigenvalue weighted by molar-refractivity contribution is -0.138. The summed E-state index contributed by atoms with van der Waals surface area (Å²) in [6, 6.07) is 19.9. The Morgan fingerprint density at radius 3 is 2.26 bits per heavy atom. The number of piperazine rings is 1. The first-order chi connectivity index (χ1) is 39.2. The molecule has 4 N–H and O–H groups in total. The van der Waals surface area contributed by atoms with Crippen LogP contribution in [0, 0.1) is 5.82 Å². The van der Waals surface area contributed by atoms with Crippen LogP contribution in [0.2, 0.25) is 0 Å². The van der Waals surface area contributed by atoms with E-state index in [2.05, 4.69) is 30.5 Å². The summed E-state index contributed by atoms with van der Waals surface area (Å²) in [5.74, 6) is 0.111. The van der Waals surface area contributed by atoms with E-state index in [1.807, 2.05) is 17.5 Å². The molecule has 23 nitrogen and oxygen atoms in total. The minimum Gasteiger partial charge on any atom is -0.493 e. The van der Waals surface area contributed by atoms with Crippen molar-refractivity contribution in [3.05, 3.63) is 137 Å². The van der Waals surface area contributed by atoms with Crippen molar-refractivity contribution < 1.29 is 50.9 Å². The monoisotopic (exact) mass is 1130 g/mol. The molecule has 8 aromatic rings. The van der Waals surface area contributed by atoms with Crippen molar-refractivity contribution in [1.29, 1.82) is 0 Å². The van der Waals surface area contributed by atoms with E-state index >= 15 is 4.39 Å². The number of hydrogen-bond acceptors (Lipinski definition) is 15. The molecule has 3 amide bonds. The Hall–Kier alpha value is -8.65. The number of nitrogens with zero attached hydrogens (tertiary/aromatic N) is 8. The molecule has 4 aromatic heterocycles. The number of aromatic nitrogens is 7. The van der Waals surface area contributed by atoms with Crippen LogP contribution >= 0.6 is 0 Å². The molecule has 1 saturated carbocycles. The molecule has 1 saturated heterocycles. The van der Waals surface area contributed by atoms with Gasteiger partial charge in [0.25, 0.3) is 21.8 Å². The SMILES string of the molecule is CCCOc1cccc(Oc2cc3c(cc2NS(=O)(=O)c2cccc(C(=O)NCCOCCOCCOCC(=O)N4CCN(C(=O)c5ccc(Nc6nc(C7CC7)cn7c(-c8cn[nH]c8)cnc67)c(F)c5)CC4)c2)n(C)c(=O)n3C)c1. The molecule has 4 aromatic carbocycles. The average molecular weight is 1130 g/mol. The molecule has 2 aliphatic rings. The molecule has 424 valence electrons. The fourth-order valence-electron chi connectivity index (χ4n) is 9.19. The van der Waals surface area contributed by atoms with E-state index in [4.69, 9.17) is 28.7 Å². The van der Waals surface area contributed by atoms with Gasteiger partial charge in [0.2, 0.25) is 5.91 Å². The Bertz CT molecular complexity index is 3760. The Labute approximate surface area is 465 Å². The number of H-pyrrole nitrogens is 1. The predicted octanol–water partition coefficient (Wildman–Crippen LogP) is 6.22. The van der Waals surface area contributed by atoms with Crippen LogP contribution in [-0.2, 0) is 43.1 Å². The molecule has 0 unspecified atom stereocenters. The number of benzene rings is 4. The summed E-state index contributed by atoms with van der Waals surface area (Å²) >= 11 is 0. The van der Waals surface area contributed by atoms with Gasteiger partial charge in [0.15, 0.2) is 17.2 Å². The Balaban J connectivity index is 0.615. The van der Waals surface area contributed by atoms with Crippen LogP contribution in [0.1, 0.15) is 58.5 Å². The zero-order chi connectivity index (χ0) is 56.6. The highest BCUT2D eigenvalue weighted by molar-refractivity contribution is 7.92. The Kier molecular flexibility index (Phi) is 17.0. The summed E-state index contributed by atoms with van der Waals surface area (Å²) in [7, 11) is -1.10. The van der Waals surface area contributed by atoms with Crippen molar-refractivity contribution in [2.45, 2.75) is 37.0 Å². The molecule has 5 heterocycles. The van der Waals surface area contributed by atoms with Crippen molar-refractivity contribution in [2.24, 2.45) is 14.1 Å². The highest BCUT2D eigenvalue weighted by Gasteiger charge is 2.29. The van der Waals surface area contributed by atoms with Crippen LogP contribution in [-0.4, -0.2) is 149 Å². The van der Waals surface area contributed by atoms with Gasteiger partial charge in [-0.1, -0.05) is 19.1 Å². The fraction of sp³-hybridized carbons (Fsp3) is 0.339. The molecular formula is C56H61FN12O11S. The van der Waals surface area contributed by atoms with E-state index in [0.29, 0.717) is 59.6 Å². The van der Waals surface area contributed by atoms with Crippen molar-refractivity contribution >= 4 is 61.6 Å². The number of amides is 3. The smallest absolute Gasteiger partial charge is 0.328 e. The molecule has 81 heavy (non-hydrogen) atoms. The first kappa shape index (κ1) is 55.7. The molecule has 2 fully saturated rings. The quantitative estimate of drug-likeness (QED) is 0.0464. The van der Waals surface area contributed by atoms with Crippen LogP contribution in [0.15, 0.2) is 113 Å². The second-order valence-electron chi connectivity index (χ2n) is 19.4. The van der Waals surface area contributed by atoms with Crippen LogP contribution < -0.4 is 30.5 Å². The van der Waals surface area contributed by atoms with Crippen LogP contribution in [0.5, 0.6) is 17.2 Å². The molecule has 0 bridgehead atoms. The van der Waals surface area contributed by atoms with E-state index in [1.165, 1.54) is 51.6 Å². The van der Waals surface area contributed by atoms with Crippen LogP contribution in [0.4, 0.5) is 21.6 Å². The van der Waals surface area contributed by atoms with E-state index in [-0.39, 0.29) is 110 Å². The third-order valence-electron chi connectivity index (χ3n) is 13.7. The molecule has 1 aliphatic heterocycles. The number of aromatic amines is 1. The van der Waals surface area contributed by atoms with E-state index < -0.39 is 21.7 Å². The van der Waals surface area contributed by atoms with Gasteiger partial charge in [-0.25, -0.2) is 27.6 Å². The van der Waals surface area contributed by atoms with Crippen molar-refractivity contribution in [1.82, 2.24) is 48.8 Å². The minimum atomic E-state index is -4.29. The molecule has 10 rings (SSSR count). The predicted molar refractivity (Wildman–Crippen MR) is 297 cm³/mol. The van der Waals surface area contributed by atoms with E-state index in [1.54, 1.807) is 78.9 Å². The number of sulfonamides is 1. The third kappa shape index (κ3) is 13.0. The number of imidazole rings is 2. The van der Waals surface area contributed by atoms with Crippen molar-refractivity contribution in [2.75, 3.05) is 89.0 Å². The number of carbonyl (C=O) groups excluding carboxylic acids is 3. The molecular weight excluding hydrogens is 1070 g/mol. The first-order valence-electron chi connectivity index (χ1n) is 26.5. The lowest BCUT2D eigenvalue weighted by atomic mass is 10.1. The summed E-state index contributed by atoms with van der Waals surface area (Å²) in [4.78, 5) is 64.7. The fourth-order valence-corrected chi connectivity index (χ4v) is 10.3. The number of carbonyl (C=O) groups is 3.